The first kappa shape index (κ1) is 10.9. The predicted octanol–water partition coefficient (Wildman–Crippen LogP) is 1.19. The number of benzene rings is 1. The zero-order valence-electron chi connectivity index (χ0n) is 8.98. The van der Waals surface area contributed by atoms with Crippen molar-refractivity contribution in [3.63, 3.8) is 0 Å². The molecule has 0 atom stereocenters. The molecule has 0 spiro atoms. The van der Waals surface area contributed by atoms with E-state index in [2.05, 4.69) is 9.72 Å². The molecular weight excluding hydrogens is 220 g/mol. The Morgan fingerprint density at radius 3 is 2.82 bits per heavy atom. The third-order valence-corrected chi connectivity index (χ3v) is 2.41. The molecule has 17 heavy (non-hydrogen) atoms. The average Bonchev–Trinajstić information content (AvgIpc) is 2.37. The van der Waals surface area contributed by atoms with E-state index in [0.717, 1.165) is 0 Å². The van der Waals surface area contributed by atoms with Gasteiger partial charge in [0.15, 0.2) is 0 Å². The van der Waals surface area contributed by atoms with Crippen molar-refractivity contribution in [1.82, 2.24) is 4.98 Å². The van der Waals surface area contributed by atoms with Crippen molar-refractivity contribution in [2.45, 2.75) is 0 Å². The Morgan fingerprint density at radius 1 is 1.41 bits per heavy atom. The molecule has 0 saturated heterocycles. The first-order valence-corrected chi connectivity index (χ1v) is 4.82. The van der Waals surface area contributed by atoms with E-state index in [1.165, 1.54) is 13.2 Å². The van der Waals surface area contributed by atoms with Crippen LogP contribution in [-0.4, -0.2) is 18.1 Å². The molecule has 0 bridgehead atoms. The number of carbonyl (C=O) groups is 1. The Morgan fingerprint density at radius 2 is 2.18 bits per heavy atom. The van der Waals surface area contributed by atoms with Gasteiger partial charge in [-0.25, -0.2) is 4.79 Å². The zero-order valence-corrected chi connectivity index (χ0v) is 8.98. The number of ether oxygens (including phenoxy) is 1. The Kier molecular flexibility index (Phi) is 2.63. The average molecular weight is 228 g/mol. The molecular formula is C12H8N2O3. The Labute approximate surface area is 96.3 Å². The fourth-order valence-electron chi connectivity index (χ4n) is 1.61. The summed E-state index contributed by atoms with van der Waals surface area (Å²) < 4.78 is 4.52. The van der Waals surface area contributed by atoms with Crippen molar-refractivity contribution < 1.29 is 9.53 Å². The van der Waals surface area contributed by atoms with Gasteiger partial charge in [0, 0.05) is 10.8 Å². The molecule has 1 N–H and O–H groups in total. The van der Waals surface area contributed by atoms with Crippen molar-refractivity contribution in [2.24, 2.45) is 0 Å². The zero-order chi connectivity index (χ0) is 12.4. The monoisotopic (exact) mass is 228 g/mol. The fourth-order valence-corrected chi connectivity index (χ4v) is 1.61. The van der Waals surface area contributed by atoms with Crippen LogP contribution in [0, 0.1) is 11.3 Å². The number of aromatic amines is 1. The number of aromatic nitrogens is 1. The number of nitrogens with one attached hydrogen (secondary N) is 1. The molecule has 1 heterocycles. The number of esters is 1. The smallest absolute Gasteiger partial charge is 0.354 e. The molecule has 0 saturated carbocycles. The molecule has 2 rings (SSSR count). The number of hydrogen-bond donors (Lipinski definition) is 1. The number of nitrogens with zero attached hydrogens (tertiary/aromatic N) is 1. The predicted molar refractivity (Wildman–Crippen MR) is 60.6 cm³/mol. The summed E-state index contributed by atoms with van der Waals surface area (Å²) in [6.07, 6.45) is 0. The van der Waals surface area contributed by atoms with E-state index in [9.17, 15) is 9.59 Å². The minimum atomic E-state index is -0.642. The van der Waals surface area contributed by atoms with Crippen LogP contribution in [0.4, 0.5) is 0 Å². The van der Waals surface area contributed by atoms with E-state index in [1.807, 2.05) is 6.07 Å². The maximum Gasteiger partial charge on any atom is 0.354 e. The van der Waals surface area contributed by atoms with Crippen LogP contribution in [0.5, 0.6) is 0 Å². The quantitative estimate of drug-likeness (QED) is 0.743. The Balaban J connectivity index is 2.85. The first-order chi connectivity index (χ1) is 8.17. The van der Waals surface area contributed by atoms with Crippen LogP contribution in [0.2, 0.25) is 0 Å². The summed E-state index contributed by atoms with van der Waals surface area (Å²) >= 11 is 0. The molecule has 2 aromatic rings. The highest BCUT2D eigenvalue weighted by Gasteiger charge is 2.11. The lowest BCUT2D eigenvalue weighted by molar-refractivity contribution is 0.0594. The van der Waals surface area contributed by atoms with E-state index in [4.69, 9.17) is 5.26 Å². The minimum absolute atomic E-state index is 0.0349. The largest absolute Gasteiger partial charge is 0.464 e. The summed E-state index contributed by atoms with van der Waals surface area (Å²) in [5, 5.41) is 9.75. The number of pyridine rings is 1. The molecule has 0 fully saturated rings. The number of methoxy groups -OCH3 is 1. The maximum absolute atomic E-state index is 11.7. The highest BCUT2D eigenvalue weighted by Crippen LogP contribution is 2.15. The number of carbonyl (C=O) groups excluding carboxylic acids is 1. The highest BCUT2D eigenvalue weighted by molar-refractivity contribution is 5.94. The summed E-state index contributed by atoms with van der Waals surface area (Å²) in [5.41, 5.74) is -0.0357. The molecule has 0 radical (unpaired) electrons. The van der Waals surface area contributed by atoms with Gasteiger partial charge in [0.2, 0.25) is 0 Å². The molecule has 5 nitrogen and oxygen atoms in total. The first-order valence-electron chi connectivity index (χ1n) is 4.82. The number of fused-ring (bicyclic) bond motifs is 1. The lowest BCUT2D eigenvalue weighted by Gasteiger charge is -2.02. The lowest BCUT2D eigenvalue weighted by Crippen LogP contribution is -2.14. The number of H-pyrrole nitrogens is 1. The van der Waals surface area contributed by atoms with Gasteiger partial charge < -0.3 is 9.72 Å². The molecule has 5 heteroatoms. The van der Waals surface area contributed by atoms with E-state index in [-0.39, 0.29) is 5.69 Å². The van der Waals surface area contributed by atoms with E-state index >= 15 is 0 Å². The summed E-state index contributed by atoms with van der Waals surface area (Å²) in [4.78, 5) is 25.5. The molecule has 0 aliphatic carbocycles. The van der Waals surface area contributed by atoms with Crippen LogP contribution in [0.15, 0.2) is 29.1 Å². The van der Waals surface area contributed by atoms with Crippen molar-refractivity contribution in [3.8, 4) is 6.07 Å². The molecule has 0 amide bonds. The highest BCUT2D eigenvalue weighted by atomic mass is 16.5. The molecule has 1 aromatic heterocycles. The number of rotatable bonds is 1. The van der Waals surface area contributed by atoms with E-state index in [1.54, 1.807) is 18.2 Å². The van der Waals surface area contributed by atoms with Gasteiger partial charge in [-0.1, -0.05) is 6.07 Å². The normalized spacial score (nSPS) is 9.88. The Bertz CT molecular complexity index is 695. The van der Waals surface area contributed by atoms with Crippen LogP contribution in [0.1, 0.15) is 16.1 Å². The minimum Gasteiger partial charge on any atom is -0.464 e. The SMILES string of the molecule is COC(=O)c1cc2c(C#N)cccc2c(=O)[nH]1. The fraction of sp³-hybridized carbons (Fsp3) is 0.0833. The van der Waals surface area contributed by atoms with Crippen molar-refractivity contribution in [3.05, 3.63) is 45.9 Å². The molecule has 0 unspecified atom stereocenters. The second-order valence-electron chi connectivity index (χ2n) is 3.38. The van der Waals surface area contributed by atoms with Gasteiger partial charge in [-0.2, -0.15) is 5.26 Å². The standard InChI is InChI=1S/C12H8N2O3/c1-17-12(16)10-5-9-7(6-13)3-2-4-8(9)11(15)14-10/h2-5H,1H3,(H,14,15). The third kappa shape index (κ3) is 1.76. The van der Waals surface area contributed by atoms with Crippen LogP contribution < -0.4 is 5.56 Å². The van der Waals surface area contributed by atoms with Crippen molar-refractivity contribution >= 4 is 16.7 Å². The van der Waals surface area contributed by atoms with Gasteiger partial charge in [0.05, 0.1) is 18.7 Å². The summed E-state index contributed by atoms with van der Waals surface area (Å²) in [6, 6.07) is 8.22. The van der Waals surface area contributed by atoms with Gasteiger partial charge in [-0.15, -0.1) is 0 Å². The van der Waals surface area contributed by atoms with Gasteiger partial charge in [0.1, 0.15) is 5.69 Å². The van der Waals surface area contributed by atoms with Crippen LogP contribution in [0.25, 0.3) is 10.8 Å². The molecule has 0 aliphatic heterocycles. The summed E-state index contributed by atoms with van der Waals surface area (Å²) in [7, 11) is 1.22. The summed E-state index contributed by atoms with van der Waals surface area (Å²) in [6.45, 7) is 0. The molecule has 0 aliphatic rings. The number of nitriles is 1. The van der Waals surface area contributed by atoms with Gasteiger partial charge in [-0.3, -0.25) is 4.79 Å². The Hall–Kier alpha value is -2.61. The lowest BCUT2D eigenvalue weighted by atomic mass is 10.1. The van der Waals surface area contributed by atoms with Gasteiger partial charge >= 0.3 is 5.97 Å². The summed E-state index contributed by atoms with van der Waals surface area (Å²) in [5.74, 6) is -0.642. The van der Waals surface area contributed by atoms with Gasteiger partial charge in [-0.05, 0) is 18.2 Å². The second kappa shape index (κ2) is 4.10. The second-order valence-corrected chi connectivity index (χ2v) is 3.38. The third-order valence-electron chi connectivity index (χ3n) is 2.41. The van der Waals surface area contributed by atoms with Crippen molar-refractivity contribution in [1.29, 1.82) is 5.26 Å². The topological polar surface area (TPSA) is 82.9 Å². The van der Waals surface area contributed by atoms with Gasteiger partial charge in [0.25, 0.3) is 5.56 Å². The van der Waals surface area contributed by atoms with Crippen LogP contribution in [0.3, 0.4) is 0 Å². The van der Waals surface area contributed by atoms with Crippen LogP contribution in [-0.2, 0) is 4.74 Å². The van der Waals surface area contributed by atoms with Crippen LogP contribution >= 0.6 is 0 Å². The number of hydrogen-bond acceptors (Lipinski definition) is 4. The van der Waals surface area contributed by atoms with E-state index < -0.39 is 11.5 Å². The molecule has 1 aromatic carbocycles. The maximum atomic E-state index is 11.7. The van der Waals surface area contributed by atoms with E-state index in [0.29, 0.717) is 16.3 Å². The molecule has 84 valence electrons. The van der Waals surface area contributed by atoms with Crippen molar-refractivity contribution in [2.75, 3.05) is 7.11 Å².